The van der Waals surface area contributed by atoms with Crippen molar-refractivity contribution in [3.63, 3.8) is 0 Å². The van der Waals surface area contributed by atoms with E-state index in [4.69, 9.17) is 4.74 Å². The number of ether oxygens (including phenoxy) is 1. The average Bonchev–Trinajstić information content (AvgIpc) is 3.20. The van der Waals surface area contributed by atoms with Crippen LogP contribution in [0.15, 0.2) is 36.5 Å². The van der Waals surface area contributed by atoms with Crippen molar-refractivity contribution in [1.29, 1.82) is 0 Å². The largest absolute Gasteiger partial charge is 0.480 e. The Labute approximate surface area is 221 Å². The molecule has 0 saturated carbocycles. The number of carbonyl (C=O) groups excluding carboxylic acids is 3. The van der Waals surface area contributed by atoms with E-state index in [0.717, 1.165) is 5.56 Å². The van der Waals surface area contributed by atoms with Gasteiger partial charge in [-0.3, -0.25) is 19.3 Å². The molecule has 0 spiro atoms. The highest BCUT2D eigenvalue weighted by atomic mass is 19.1. The number of hydrogen-bond donors (Lipinski definition) is 1. The number of aromatic nitrogens is 2. The zero-order chi connectivity index (χ0) is 27.7. The number of benzene rings is 1. The fraction of sp³-hybridized carbons (Fsp3) is 0.429. The van der Waals surface area contributed by atoms with Crippen LogP contribution >= 0.6 is 0 Å². The second kappa shape index (κ2) is 10.9. The molecule has 3 heterocycles. The molecule has 1 aliphatic heterocycles. The highest BCUT2D eigenvalue weighted by Gasteiger charge is 2.34. The van der Waals surface area contributed by atoms with Crippen LogP contribution < -0.4 is 10.1 Å². The summed E-state index contributed by atoms with van der Waals surface area (Å²) >= 11 is 0. The van der Waals surface area contributed by atoms with Crippen LogP contribution in [0.25, 0.3) is 11.0 Å². The molecule has 1 fully saturated rings. The summed E-state index contributed by atoms with van der Waals surface area (Å²) in [7, 11) is 3.17. The summed E-state index contributed by atoms with van der Waals surface area (Å²) in [4.78, 5) is 47.8. The molecular formula is C28H34FN5O4. The van der Waals surface area contributed by atoms with Gasteiger partial charge in [-0.25, -0.2) is 4.39 Å². The number of amides is 2. The standard InChI is InChI=1S/C28H34FN5O4/c1-16(2)30-26(36)24(35)23-15-32(5)25-21(23)11-22(27(31-25)38-6)28(37)34-13-17(3)33(12-18(34)4)14-19-7-9-20(29)10-8-19/h7-11,15-18H,12-14H2,1-6H3,(H,30,36)/t17-,18+/m0/s1. The maximum absolute atomic E-state index is 13.8. The Morgan fingerprint density at radius 3 is 2.42 bits per heavy atom. The van der Waals surface area contributed by atoms with Gasteiger partial charge in [-0.15, -0.1) is 0 Å². The summed E-state index contributed by atoms with van der Waals surface area (Å²) < 4.78 is 20.4. The Morgan fingerprint density at radius 2 is 1.79 bits per heavy atom. The third-order valence-electron chi connectivity index (χ3n) is 6.88. The van der Waals surface area contributed by atoms with Crippen LogP contribution in [0.2, 0.25) is 0 Å². The number of nitrogens with one attached hydrogen (secondary N) is 1. The summed E-state index contributed by atoms with van der Waals surface area (Å²) in [6.07, 6.45) is 1.55. The number of nitrogens with zero attached hydrogens (tertiary/aromatic N) is 4. The highest BCUT2D eigenvalue weighted by Crippen LogP contribution is 2.29. The van der Waals surface area contributed by atoms with E-state index < -0.39 is 11.7 Å². The first kappa shape index (κ1) is 27.3. The lowest BCUT2D eigenvalue weighted by atomic mass is 10.0. The highest BCUT2D eigenvalue weighted by molar-refractivity contribution is 6.45. The van der Waals surface area contributed by atoms with Gasteiger partial charge in [-0.05, 0) is 51.5 Å². The minimum atomic E-state index is -0.712. The van der Waals surface area contributed by atoms with E-state index in [-0.39, 0.29) is 46.9 Å². The molecule has 9 nitrogen and oxygen atoms in total. The van der Waals surface area contributed by atoms with E-state index in [1.807, 2.05) is 6.92 Å². The molecule has 1 aliphatic rings. The fourth-order valence-corrected chi connectivity index (χ4v) is 4.90. The number of methoxy groups -OCH3 is 1. The third-order valence-corrected chi connectivity index (χ3v) is 6.88. The second-order valence-corrected chi connectivity index (χ2v) is 10.2. The molecule has 202 valence electrons. The molecule has 0 bridgehead atoms. The van der Waals surface area contributed by atoms with Crippen LogP contribution in [0.5, 0.6) is 5.88 Å². The van der Waals surface area contributed by atoms with Gasteiger partial charge in [0.15, 0.2) is 0 Å². The van der Waals surface area contributed by atoms with Gasteiger partial charge in [-0.1, -0.05) is 12.1 Å². The van der Waals surface area contributed by atoms with E-state index in [1.54, 1.807) is 54.8 Å². The molecule has 0 radical (unpaired) electrons. The molecule has 10 heteroatoms. The van der Waals surface area contributed by atoms with Gasteiger partial charge in [0.2, 0.25) is 5.88 Å². The lowest BCUT2D eigenvalue weighted by molar-refractivity contribution is -0.117. The van der Waals surface area contributed by atoms with Gasteiger partial charge in [0.05, 0.1) is 12.7 Å². The Balaban J connectivity index is 1.62. The van der Waals surface area contributed by atoms with Gasteiger partial charge in [0.1, 0.15) is 17.0 Å². The molecule has 0 unspecified atom stereocenters. The van der Waals surface area contributed by atoms with E-state index in [1.165, 1.54) is 19.2 Å². The first-order valence-electron chi connectivity index (χ1n) is 12.7. The third kappa shape index (κ3) is 5.40. The maximum atomic E-state index is 13.8. The van der Waals surface area contributed by atoms with E-state index in [9.17, 15) is 18.8 Å². The van der Waals surface area contributed by atoms with E-state index in [2.05, 4.69) is 22.1 Å². The molecule has 1 N–H and O–H groups in total. The number of pyridine rings is 1. The van der Waals surface area contributed by atoms with Crippen LogP contribution in [0.1, 0.15) is 54.0 Å². The summed E-state index contributed by atoms with van der Waals surface area (Å²) in [5.74, 6) is -1.77. The van der Waals surface area contributed by atoms with Crippen molar-refractivity contribution in [3.8, 4) is 5.88 Å². The topological polar surface area (TPSA) is 96.8 Å². The minimum absolute atomic E-state index is 0.0523. The molecule has 1 aromatic carbocycles. The molecule has 0 aliphatic carbocycles. The summed E-state index contributed by atoms with van der Waals surface area (Å²) in [5.41, 5.74) is 1.85. The zero-order valence-electron chi connectivity index (χ0n) is 22.6. The molecule has 4 rings (SSSR count). The summed E-state index contributed by atoms with van der Waals surface area (Å²) in [6.45, 7) is 9.34. The summed E-state index contributed by atoms with van der Waals surface area (Å²) in [6, 6.07) is 7.79. The number of piperazine rings is 1. The van der Waals surface area contributed by atoms with Crippen LogP contribution in [0, 0.1) is 5.82 Å². The van der Waals surface area contributed by atoms with E-state index >= 15 is 0 Å². The first-order valence-corrected chi connectivity index (χ1v) is 12.7. The Kier molecular flexibility index (Phi) is 7.82. The molecule has 2 aromatic heterocycles. The smallest absolute Gasteiger partial charge is 0.292 e. The van der Waals surface area contributed by atoms with Crippen molar-refractivity contribution in [2.24, 2.45) is 7.05 Å². The van der Waals surface area contributed by atoms with Gasteiger partial charge in [-0.2, -0.15) is 4.98 Å². The van der Waals surface area contributed by atoms with Gasteiger partial charge >= 0.3 is 0 Å². The summed E-state index contributed by atoms with van der Waals surface area (Å²) in [5, 5.41) is 3.03. The van der Waals surface area contributed by atoms with Crippen LogP contribution in [-0.4, -0.2) is 75.3 Å². The SMILES string of the molecule is COc1nc2c(cc1C(=O)N1C[C@H](C)N(Cc3ccc(F)cc3)C[C@H]1C)c(C(=O)C(=O)NC(C)C)cn2C. The van der Waals surface area contributed by atoms with Crippen molar-refractivity contribution >= 4 is 28.6 Å². The minimum Gasteiger partial charge on any atom is -0.480 e. The first-order chi connectivity index (χ1) is 18.0. The van der Waals surface area contributed by atoms with Crippen molar-refractivity contribution < 1.29 is 23.5 Å². The number of hydrogen-bond acceptors (Lipinski definition) is 6. The Hall–Kier alpha value is -3.79. The quantitative estimate of drug-likeness (QED) is 0.378. The predicted molar refractivity (Wildman–Crippen MR) is 142 cm³/mol. The number of rotatable bonds is 7. The van der Waals surface area contributed by atoms with Crippen molar-refractivity contribution in [1.82, 2.24) is 24.7 Å². The van der Waals surface area contributed by atoms with Gasteiger partial charge in [0.25, 0.3) is 17.6 Å². The Morgan fingerprint density at radius 1 is 1.11 bits per heavy atom. The second-order valence-electron chi connectivity index (χ2n) is 10.2. The van der Waals surface area contributed by atoms with Crippen LogP contribution in [0.3, 0.4) is 0 Å². The number of fused-ring (bicyclic) bond motifs is 1. The monoisotopic (exact) mass is 523 g/mol. The average molecular weight is 524 g/mol. The molecule has 1 saturated heterocycles. The lowest BCUT2D eigenvalue weighted by Gasteiger charge is -2.44. The number of carbonyl (C=O) groups is 3. The Bertz CT molecular complexity index is 1370. The predicted octanol–water partition coefficient (Wildman–Crippen LogP) is 3.16. The number of Topliss-reactive ketones (excluding diaryl/α,β-unsaturated/α-hetero) is 1. The van der Waals surface area contributed by atoms with E-state index in [0.29, 0.717) is 30.7 Å². The van der Waals surface area contributed by atoms with Gasteiger partial charge in [0, 0.05) is 56.4 Å². The zero-order valence-corrected chi connectivity index (χ0v) is 22.6. The lowest BCUT2D eigenvalue weighted by Crippen LogP contribution is -2.57. The van der Waals surface area contributed by atoms with Crippen molar-refractivity contribution in [2.45, 2.75) is 52.4 Å². The maximum Gasteiger partial charge on any atom is 0.292 e. The molecular weight excluding hydrogens is 489 g/mol. The number of ketones is 1. The number of aryl methyl sites for hydroxylation is 1. The fourth-order valence-electron chi connectivity index (χ4n) is 4.90. The van der Waals surface area contributed by atoms with Crippen LogP contribution in [-0.2, 0) is 18.4 Å². The van der Waals surface area contributed by atoms with Crippen LogP contribution in [0.4, 0.5) is 4.39 Å². The number of halogens is 1. The van der Waals surface area contributed by atoms with Gasteiger partial charge < -0.3 is 19.5 Å². The van der Waals surface area contributed by atoms with Crippen molar-refractivity contribution in [3.05, 3.63) is 59.0 Å². The molecule has 3 aromatic rings. The molecule has 2 amide bonds. The molecule has 38 heavy (non-hydrogen) atoms. The van der Waals surface area contributed by atoms with Crippen molar-refractivity contribution in [2.75, 3.05) is 20.2 Å². The molecule has 2 atom stereocenters. The normalized spacial score (nSPS) is 18.2.